The standard InChI is InChI=1S/C6H11F2NO3/c1-6(2-10,3-11)9-5(12)4(7)8/h4,10-11H,2-3H2,1H3,(H,9,12). The first-order valence-electron chi connectivity index (χ1n) is 3.27. The van der Waals surface area contributed by atoms with Gasteiger partial charge in [-0.1, -0.05) is 0 Å². The Morgan fingerprint density at radius 2 is 1.92 bits per heavy atom. The van der Waals surface area contributed by atoms with Crippen LogP contribution in [0, 0.1) is 0 Å². The summed E-state index contributed by atoms with van der Waals surface area (Å²) in [5, 5.41) is 19.0. The summed E-state index contributed by atoms with van der Waals surface area (Å²) in [6.45, 7) is 0.0667. The first-order chi connectivity index (χ1) is 5.45. The van der Waals surface area contributed by atoms with Crippen molar-refractivity contribution in [2.75, 3.05) is 13.2 Å². The van der Waals surface area contributed by atoms with Gasteiger partial charge in [-0.3, -0.25) is 4.79 Å². The Morgan fingerprint density at radius 1 is 1.50 bits per heavy atom. The number of alkyl halides is 2. The summed E-state index contributed by atoms with van der Waals surface area (Å²) >= 11 is 0. The zero-order valence-electron chi connectivity index (χ0n) is 6.55. The average molecular weight is 183 g/mol. The molecule has 0 rings (SSSR count). The van der Waals surface area contributed by atoms with Crippen molar-refractivity contribution in [3.05, 3.63) is 0 Å². The monoisotopic (exact) mass is 183 g/mol. The van der Waals surface area contributed by atoms with E-state index < -0.39 is 31.1 Å². The number of halogens is 2. The van der Waals surface area contributed by atoms with E-state index in [1.54, 1.807) is 5.32 Å². The number of aliphatic hydroxyl groups excluding tert-OH is 2. The highest BCUT2D eigenvalue weighted by atomic mass is 19.3. The third kappa shape index (κ3) is 3.10. The number of amides is 1. The maximum absolute atomic E-state index is 11.7. The predicted molar refractivity (Wildman–Crippen MR) is 36.7 cm³/mol. The van der Waals surface area contributed by atoms with Crippen LogP contribution in [0.2, 0.25) is 0 Å². The number of hydrogen-bond donors (Lipinski definition) is 3. The number of hydrogen-bond acceptors (Lipinski definition) is 3. The molecule has 72 valence electrons. The highest BCUT2D eigenvalue weighted by molar-refractivity contribution is 5.79. The summed E-state index contributed by atoms with van der Waals surface area (Å²) in [5.74, 6) is -1.50. The molecule has 0 saturated carbocycles. The fourth-order valence-corrected chi connectivity index (χ4v) is 0.481. The molecular weight excluding hydrogens is 172 g/mol. The highest BCUT2D eigenvalue weighted by Crippen LogP contribution is 2.02. The summed E-state index contributed by atoms with van der Waals surface area (Å²) in [6.07, 6.45) is -3.14. The predicted octanol–water partition coefficient (Wildman–Crippen LogP) is -0.889. The molecule has 4 nitrogen and oxygen atoms in total. The zero-order chi connectivity index (χ0) is 9.78. The summed E-state index contributed by atoms with van der Waals surface area (Å²) in [5.41, 5.74) is -1.38. The number of carbonyl (C=O) groups is 1. The number of carbonyl (C=O) groups excluding carboxylic acids is 1. The van der Waals surface area contributed by atoms with Gasteiger partial charge >= 0.3 is 6.43 Å². The molecule has 0 spiro atoms. The quantitative estimate of drug-likeness (QED) is 0.529. The lowest BCUT2D eigenvalue weighted by atomic mass is 10.1. The van der Waals surface area contributed by atoms with Crippen LogP contribution in [0.15, 0.2) is 0 Å². The van der Waals surface area contributed by atoms with E-state index in [1.807, 2.05) is 0 Å². The number of rotatable bonds is 4. The molecule has 0 atom stereocenters. The lowest BCUT2D eigenvalue weighted by molar-refractivity contribution is -0.134. The summed E-state index contributed by atoms with van der Waals surface area (Å²) < 4.78 is 23.3. The third-order valence-electron chi connectivity index (χ3n) is 1.32. The Morgan fingerprint density at radius 3 is 2.17 bits per heavy atom. The van der Waals surface area contributed by atoms with E-state index >= 15 is 0 Å². The zero-order valence-corrected chi connectivity index (χ0v) is 6.55. The molecule has 0 aromatic rings. The van der Waals surface area contributed by atoms with Gasteiger partial charge in [-0.25, -0.2) is 0 Å². The van der Waals surface area contributed by atoms with E-state index in [2.05, 4.69) is 0 Å². The van der Waals surface area contributed by atoms with Crippen molar-refractivity contribution in [2.24, 2.45) is 0 Å². The van der Waals surface area contributed by atoms with Gasteiger partial charge in [0.05, 0.1) is 18.8 Å². The molecule has 12 heavy (non-hydrogen) atoms. The number of nitrogens with one attached hydrogen (secondary N) is 1. The summed E-state index contributed by atoms with van der Waals surface area (Å²) in [7, 11) is 0. The van der Waals surface area contributed by atoms with Gasteiger partial charge in [0.15, 0.2) is 0 Å². The van der Waals surface area contributed by atoms with Gasteiger partial charge < -0.3 is 15.5 Å². The molecule has 0 heterocycles. The second kappa shape index (κ2) is 4.32. The van der Waals surface area contributed by atoms with Gasteiger partial charge in [-0.05, 0) is 6.92 Å². The average Bonchev–Trinajstić information content (AvgIpc) is 2.04. The maximum atomic E-state index is 11.7. The fraction of sp³-hybridized carbons (Fsp3) is 0.833. The van der Waals surface area contributed by atoms with Gasteiger partial charge in [0, 0.05) is 0 Å². The Kier molecular flexibility index (Phi) is 4.05. The van der Waals surface area contributed by atoms with Crippen LogP contribution >= 0.6 is 0 Å². The van der Waals surface area contributed by atoms with Crippen molar-refractivity contribution in [1.29, 1.82) is 0 Å². The Labute approximate surface area is 68.2 Å². The second-order valence-electron chi connectivity index (χ2n) is 2.67. The van der Waals surface area contributed by atoms with Crippen LogP contribution in [0.1, 0.15) is 6.92 Å². The second-order valence-corrected chi connectivity index (χ2v) is 2.67. The minimum atomic E-state index is -3.14. The molecule has 0 aliphatic carbocycles. The fourth-order valence-electron chi connectivity index (χ4n) is 0.481. The van der Waals surface area contributed by atoms with E-state index in [0.29, 0.717) is 0 Å². The molecule has 6 heteroatoms. The van der Waals surface area contributed by atoms with Gasteiger partial charge in [-0.2, -0.15) is 8.78 Å². The third-order valence-corrected chi connectivity index (χ3v) is 1.32. The first kappa shape index (κ1) is 11.2. The molecule has 0 unspecified atom stereocenters. The van der Waals surface area contributed by atoms with Crippen molar-refractivity contribution >= 4 is 5.91 Å². The topological polar surface area (TPSA) is 69.6 Å². The van der Waals surface area contributed by atoms with Gasteiger partial charge in [-0.15, -0.1) is 0 Å². The molecule has 1 amide bonds. The van der Waals surface area contributed by atoms with E-state index in [1.165, 1.54) is 6.92 Å². The Balaban J connectivity index is 4.12. The highest BCUT2D eigenvalue weighted by Gasteiger charge is 2.28. The SMILES string of the molecule is CC(CO)(CO)NC(=O)C(F)F. The minimum absolute atomic E-state index is 0.595. The van der Waals surface area contributed by atoms with Crippen LogP contribution in [0.3, 0.4) is 0 Å². The van der Waals surface area contributed by atoms with Gasteiger partial charge in [0.2, 0.25) is 0 Å². The van der Waals surface area contributed by atoms with Crippen LogP contribution in [0.4, 0.5) is 8.78 Å². The van der Waals surface area contributed by atoms with Crippen molar-refractivity contribution in [3.63, 3.8) is 0 Å². The van der Waals surface area contributed by atoms with Crippen LogP contribution < -0.4 is 5.32 Å². The van der Waals surface area contributed by atoms with E-state index in [0.717, 1.165) is 0 Å². The largest absolute Gasteiger partial charge is 0.394 e. The molecule has 0 fully saturated rings. The van der Waals surface area contributed by atoms with E-state index in [-0.39, 0.29) is 0 Å². The van der Waals surface area contributed by atoms with Crippen molar-refractivity contribution in [3.8, 4) is 0 Å². The number of aliphatic hydroxyl groups is 2. The van der Waals surface area contributed by atoms with E-state index in [9.17, 15) is 13.6 Å². The summed E-state index contributed by atoms with van der Waals surface area (Å²) in [4.78, 5) is 10.4. The molecule has 0 aliphatic heterocycles. The Hall–Kier alpha value is -0.750. The van der Waals surface area contributed by atoms with Crippen LogP contribution in [0.25, 0.3) is 0 Å². The van der Waals surface area contributed by atoms with Crippen molar-refractivity contribution in [2.45, 2.75) is 18.9 Å². The van der Waals surface area contributed by atoms with Crippen LogP contribution in [0.5, 0.6) is 0 Å². The normalized spacial score (nSPS) is 11.8. The molecule has 0 bridgehead atoms. The first-order valence-corrected chi connectivity index (χ1v) is 3.27. The van der Waals surface area contributed by atoms with Crippen molar-refractivity contribution in [1.82, 2.24) is 5.32 Å². The lowest BCUT2D eigenvalue weighted by Gasteiger charge is -2.25. The molecule has 0 aliphatic rings. The molecule has 0 radical (unpaired) electrons. The van der Waals surface area contributed by atoms with E-state index in [4.69, 9.17) is 10.2 Å². The minimum Gasteiger partial charge on any atom is -0.394 e. The molecule has 0 aromatic carbocycles. The van der Waals surface area contributed by atoms with Crippen LogP contribution in [-0.2, 0) is 4.79 Å². The molecule has 3 N–H and O–H groups in total. The summed E-state index contributed by atoms with van der Waals surface area (Å²) in [6, 6.07) is 0. The molecule has 0 saturated heterocycles. The lowest BCUT2D eigenvalue weighted by Crippen LogP contribution is -2.53. The smallest absolute Gasteiger partial charge is 0.315 e. The maximum Gasteiger partial charge on any atom is 0.315 e. The Bertz CT molecular complexity index is 159. The van der Waals surface area contributed by atoms with Crippen molar-refractivity contribution < 1.29 is 23.8 Å². The van der Waals surface area contributed by atoms with Gasteiger partial charge in [0.25, 0.3) is 5.91 Å². The van der Waals surface area contributed by atoms with Gasteiger partial charge in [0.1, 0.15) is 0 Å². The molecular formula is C6H11F2NO3. The molecule has 0 aromatic heterocycles. The van der Waals surface area contributed by atoms with Crippen LogP contribution in [-0.4, -0.2) is 41.3 Å².